The zero-order valence-electron chi connectivity index (χ0n) is 14.0. The Hall–Kier alpha value is -2.82. The molecule has 0 heterocycles. The number of aryl methyl sites for hydroxylation is 1. The largest absolute Gasteiger partial charge is 0.493 e. The van der Waals surface area contributed by atoms with Crippen LogP contribution in [0.1, 0.15) is 29.3 Å². The molecule has 2 aromatic carbocycles. The van der Waals surface area contributed by atoms with Gasteiger partial charge < -0.3 is 19.0 Å². The second kappa shape index (κ2) is 8.15. The van der Waals surface area contributed by atoms with E-state index in [0.29, 0.717) is 35.7 Å². The maximum atomic E-state index is 11.4. The maximum absolute atomic E-state index is 11.4. The van der Waals surface area contributed by atoms with Crippen molar-refractivity contribution in [1.29, 1.82) is 0 Å². The van der Waals surface area contributed by atoms with Crippen molar-refractivity contribution < 1.29 is 23.8 Å². The summed E-state index contributed by atoms with van der Waals surface area (Å²) in [6, 6.07) is 12.2. The number of hydrogen-bond donors (Lipinski definition) is 0. The summed E-state index contributed by atoms with van der Waals surface area (Å²) in [4.78, 5) is 22.6. The Bertz CT molecular complexity index is 719. The van der Waals surface area contributed by atoms with E-state index in [1.807, 2.05) is 18.2 Å². The number of Topliss-reactive ketones (excluding diaryl/α,β-unsaturated/α-hetero) is 1. The fraction of sp³-hybridized carbons (Fsp3) is 0.263. The van der Waals surface area contributed by atoms with E-state index in [4.69, 9.17) is 9.47 Å². The normalized spacial score (nSPS) is 10.1. The fourth-order valence-corrected chi connectivity index (χ4v) is 2.18. The van der Waals surface area contributed by atoms with Crippen molar-refractivity contribution in [3.8, 4) is 17.2 Å². The highest BCUT2D eigenvalue weighted by molar-refractivity contribution is 5.89. The van der Waals surface area contributed by atoms with Gasteiger partial charge in [0.25, 0.3) is 0 Å². The predicted octanol–water partition coefficient (Wildman–Crippen LogP) is 3.80. The monoisotopic (exact) mass is 328 g/mol. The van der Waals surface area contributed by atoms with Gasteiger partial charge in [-0.2, -0.15) is 0 Å². The van der Waals surface area contributed by atoms with Crippen molar-refractivity contribution in [2.24, 2.45) is 0 Å². The molecule has 0 fully saturated rings. The molecule has 2 aromatic rings. The molecule has 0 spiro atoms. The Labute approximate surface area is 141 Å². The van der Waals surface area contributed by atoms with Gasteiger partial charge in [0, 0.05) is 6.42 Å². The molecule has 0 saturated heterocycles. The van der Waals surface area contributed by atoms with Crippen LogP contribution in [-0.4, -0.2) is 26.0 Å². The standard InChI is InChI=1S/C19H20O5/c1-13(20)4-5-14-6-11-17(22-2)18(12-14)24-16-9-7-15(8-10-16)19(21)23-3/h6-12H,4-5H2,1-3H3. The van der Waals surface area contributed by atoms with E-state index in [-0.39, 0.29) is 5.78 Å². The minimum Gasteiger partial charge on any atom is -0.493 e. The van der Waals surface area contributed by atoms with E-state index in [0.717, 1.165) is 5.56 Å². The Balaban J connectivity index is 2.19. The summed E-state index contributed by atoms with van der Waals surface area (Å²) in [6.07, 6.45) is 1.14. The molecule has 0 unspecified atom stereocenters. The van der Waals surface area contributed by atoms with Gasteiger partial charge in [0.15, 0.2) is 11.5 Å². The van der Waals surface area contributed by atoms with Crippen molar-refractivity contribution in [3.05, 3.63) is 53.6 Å². The Morgan fingerprint density at radius 1 is 0.958 bits per heavy atom. The Kier molecular flexibility index (Phi) is 5.95. The van der Waals surface area contributed by atoms with Gasteiger partial charge in [-0.05, 0) is 55.3 Å². The van der Waals surface area contributed by atoms with Crippen LogP contribution >= 0.6 is 0 Å². The van der Waals surface area contributed by atoms with Crippen LogP contribution in [0.2, 0.25) is 0 Å². The molecule has 24 heavy (non-hydrogen) atoms. The highest BCUT2D eigenvalue weighted by Gasteiger charge is 2.09. The maximum Gasteiger partial charge on any atom is 0.337 e. The van der Waals surface area contributed by atoms with Gasteiger partial charge in [-0.25, -0.2) is 4.79 Å². The van der Waals surface area contributed by atoms with E-state index < -0.39 is 5.97 Å². The number of ketones is 1. The Morgan fingerprint density at radius 2 is 1.67 bits per heavy atom. The molecule has 0 aliphatic rings. The number of carbonyl (C=O) groups is 2. The zero-order chi connectivity index (χ0) is 17.5. The molecule has 0 aliphatic heterocycles. The summed E-state index contributed by atoms with van der Waals surface area (Å²) >= 11 is 0. The molecule has 0 N–H and O–H groups in total. The van der Waals surface area contributed by atoms with Crippen molar-refractivity contribution in [2.75, 3.05) is 14.2 Å². The lowest BCUT2D eigenvalue weighted by Gasteiger charge is -2.12. The number of rotatable bonds is 7. The number of ether oxygens (including phenoxy) is 3. The topological polar surface area (TPSA) is 61.8 Å². The van der Waals surface area contributed by atoms with E-state index >= 15 is 0 Å². The molecule has 0 aromatic heterocycles. The van der Waals surface area contributed by atoms with Crippen LogP contribution in [0.5, 0.6) is 17.2 Å². The van der Waals surface area contributed by atoms with E-state index in [2.05, 4.69) is 4.74 Å². The van der Waals surface area contributed by atoms with Gasteiger partial charge in [-0.15, -0.1) is 0 Å². The van der Waals surface area contributed by atoms with Crippen LogP contribution in [0.25, 0.3) is 0 Å². The molecule has 5 heteroatoms. The first-order valence-electron chi connectivity index (χ1n) is 7.56. The summed E-state index contributed by atoms with van der Waals surface area (Å²) < 4.78 is 15.8. The average molecular weight is 328 g/mol. The molecule has 0 radical (unpaired) electrons. The number of esters is 1. The highest BCUT2D eigenvalue weighted by Crippen LogP contribution is 2.32. The van der Waals surface area contributed by atoms with Crippen LogP contribution in [0.4, 0.5) is 0 Å². The minimum atomic E-state index is -0.398. The van der Waals surface area contributed by atoms with Gasteiger partial charge in [0.2, 0.25) is 0 Å². The number of benzene rings is 2. The van der Waals surface area contributed by atoms with Crippen LogP contribution in [0.15, 0.2) is 42.5 Å². The van der Waals surface area contributed by atoms with Crippen LogP contribution in [0, 0.1) is 0 Å². The van der Waals surface area contributed by atoms with Gasteiger partial charge in [0.1, 0.15) is 11.5 Å². The van der Waals surface area contributed by atoms with Crippen LogP contribution in [-0.2, 0) is 16.0 Å². The van der Waals surface area contributed by atoms with Crippen LogP contribution < -0.4 is 9.47 Å². The highest BCUT2D eigenvalue weighted by atomic mass is 16.5. The smallest absolute Gasteiger partial charge is 0.337 e. The molecule has 0 atom stereocenters. The summed E-state index contributed by atoms with van der Waals surface area (Å²) in [5, 5.41) is 0. The summed E-state index contributed by atoms with van der Waals surface area (Å²) in [5.41, 5.74) is 1.44. The quantitative estimate of drug-likeness (QED) is 0.724. The molecule has 5 nitrogen and oxygen atoms in total. The summed E-state index contributed by atoms with van der Waals surface area (Å²) in [6.45, 7) is 1.57. The lowest BCUT2D eigenvalue weighted by Crippen LogP contribution is -2.00. The van der Waals surface area contributed by atoms with Gasteiger partial charge in [-0.1, -0.05) is 6.07 Å². The van der Waals surface area contributed by atoms with Crippen molar-refractivity contribution in [2.45, 2.75) is 19.8 Å². The first-order chi connectivity index (χ1) is 11.5. The third kappa shape index (κ3) is 4.59. The Morgan fingerprint density at radius 3 is 2.25 bits per heavy atom. The molecular formula is C19H20O5. The average Bonchev–Trinajstić information content (AvgIpc) is 2.60. The molecule has 0 amide bonds. The van der Waals surface area contributed by atoms with Gasteiger partial charge in [-0.3, -0.25) is 0 Å². The first kappa shape index (κ1) is 17.5. The molecule has 0 saturated carbocycles. The number of methoxy groups -OCH3 is 2. The van der Waals surface area contributed by atoms with Crippen molar-refractivity contribution in [1.82, 2.24) is 0 Å². The third-order valence-corrected chi connectivity index (χ3v) is 3.50. The van der Waals surface area contributed by atoms with E-state index in [1.54, 1.807) is 38.3 Å². The van der Waals surface area contributed by atoms with Gasteiger partial charge >= 0.3 is 5.97 Å². The fourth-order valence-electron chi connectivity index (χ4n) is 2.18. The zero-order valence-corrected chi connectivity index (χ0v) is 14.0. The minimum absolute atomic E-state index is 0.145. The molecular weight excluding hydrogens is 308 g/mol. The van der Waals surface area contributed by atoms with Gasteiger partial charge in [0.05, 0.1) is 19.8 Å². The summed E-state index contributed by atoms with van der Waals surface area (Å²) in [7, 11) is 2.90. The number of carbonyl (C=O) groups excluding carboxylic acids is 2. The van der Waals surface area contributed by atoms with E-state index in [9.17, 15) is 9.59 Å². The molecule has 126 valence electrons. The third-order valence-electron chi connectivity index (χ3n) is 3.50. The predicted molar refractivity (Wildman–Crippen MR) is 89.9 cm³/mol. The molecule has 2 rings (SSSR count). The lowest BCUT2D eigenvalue weighted by molar-refractivity contribution is -0.116. The summed E-state index contributed by atoms with van der Waals surface area (Å²) in [5.74, 6) is 1.48. The molecule has 0 aliphatic carbocycles. The second-order valence-electron chi connectivity index (χ2n) is 5.31. The van der Waals surface area contributed by atoms with Crippen LogP contribution in [0.3, 0.4) is 0 Å². The number of hydrogen-bond acceptors (Lipinski definition) is 5. The second-order valence-corrected chi connectivity index (χ2v) is 5.31. The van der Waals surface area contributed by atoms with Crippen molar-refractivity contribution in [3.63, 3.8) is 0 Å². The van der Waals surface area contributed by atoms with E-state index in [1.165, 1.54) is 7.11 Å². The molecule has 0 bridgehead atoms. The SMILES string of the molecule is COC(=O)c1ccc(Oc2cc(CCC(C)=O)ccc2OC)cc1. The van der Waals surface area contributed by atoms with Crippen molar-refractivity contribution >= 4 is 11.8 Å². The first-order valence-corrected chi connectivity index (χ1v) is 7.56. The lowest BCUT2D eigenvalue weighted by atomic mass is 10.1.